The third-order valence-corrected chi connectivity index (χ3v) is 5.63. The van der Waals surface area contributed by atoms with Gasteiger partial charge in [0.25, 0.3) is 0 Å². The van der Waals surface area contributed by atoms with Gasteiger partial charge in [-0.25, -0.2) is 4.98 Å². The lowest BCUT2D eigenvalue weighted by Crippen LogP contribution is -2.37. The second-order valence-electron chi connectivity index (χ2n) is 7.79. The summed E-state index contributed by atoms with van der Waals surface area (Å²) in [5.74, 6) is 0.907. The first-order valence-electron chi connectivity index (χ1n) is 10.4. The van der Waals surface area contributed by atoms with Gasteiger partial charge in [0.15, 0.2) is 0 Å². The monoisotopic (exact) mass is 378 g/mol. The predicted octanol–water partition coefficient (Wildman–Crippen LogP) is 4.75. The van der Waals surface area contributed by atoms with E-state index < -0.39 is 0 Å². The maximum Gasteiger partial charge on any atom is 0.137 e. The second-order valence-corrected chi connectivity index (χ2v) is 7.79. The van der Waals surface area contributed by atoms with Crippen LogP contribution in [-0.4, -0.2) is 33.5 Å². The number of nitrogens with zero attached hydrogens (tertiary/aromatic N) is 3. The van der Waals surface area contributed by atoms with E-state index in [0.717, 1.165) is 54.5 Å². The number of pyridine rings is 1. The smallest absolute Gasteiger partial charge is 0.137 e. The number of benzene rings is 1. The van der Waals surface area contributed by atoms with Crippen LogP contribution >= 0.6 is 0 Å². The normalized spacial score (nSPS) is 17.9. The third-order valence-electron chi connectivity index (χ3n) is 5.63. The number of aromatic nitrogens is 2. The molecule has 3 aromatic rings. The molecule has 1 fully saturated rings. The molecule has 0 radical (unpaired) electrons. The molecular formula is C23H30N4O. The molecule has 0 saturated carbocycles. The Kier molecular flexibility index (Phi) is 5.53. The predicted molar refractivity (Wildman–Crippen MR) is 115 cm³/mol. The average Bonchev–Trinajstić information content (AvgIpc) is 3.06. The Labute approximate surface area is 167 Å². The highest BCUT2D eigenvalue weighted by Gasteiger charge is 2.22. The molecule has 1 atom stereocenters. The van der Waals surface area contributed by atoms with E-state index in [4.69, 9.17) is 15.5 Å². The van der Waals surface area contributed by atoms with Gasteiger partial charge in [0.2, 0.25) is 0 Å². The second kappa shape index (κ2) is 8.23. The summed E-state index contributed by atoms with van der Waals surface area (Å²) in [5, 5.41) is 0. The molecule has 5 nitrogen and oxygen atoms in total. The Morgan fingerprint density at radius 2 is 1.96 bits per heavy atom. The number of hydrogen-bond donors (Lipinski definition) is 1. The number of nitrogens with two attached hydrogens (primary N) is 1. The van der Waals surface area contributed by atoms with Gasteiger partial charge in [-0.15, -0.1) is 0 Å². The minimum Gasteiger partial charge on any atom is -0.494 e. The van der Waals surface area contributed by atoms with Crippen molar-refractivity contribution in [1.29, 1.82) is 0 Å². The van der Waals surface area contributed by atoms with Crippen LogP contribution in [0, 0.1) is 0 Å². The highest BCUT2D eigenvalue weighted by atomic mass is 16.5. The van der Waals surface area contributed by atoms with E-state index in [1.54, 1.807) is 0 Å². The summed E-state index contributed by atoms with van der Waals surface area (Å²) < 4.78 is 7.90. The molecule has 4 rings (SSSR count). The van der Waals surface area contributed by atoms with Gasteiger partial charge in [0.1, 0.15) is 11.4 Å². The number of fused-ring (bicyclic) bond motifs is 1. The quantitative estimate of drug-likeness (QED) is 0.673. The largest absolute Gasteiger partial charge is 0.494 e. The van der Waals surface area contributed by atoms with Crippen LogP contribution in [0.1, 0.15) is 45.2 Å². The number of piperidine rings is 1. The van der Waals surface area contributed by atoms with Crippen LogP contribution < -0.4 is 10.5 Å². The van der Waals surface area contributed by atoms with E-state index in [1.807, 2.05) is 30.5 Å². The lowest BCUT2D eigenvalue weighted by atomic mass is 10.0. The molecule has 1 unspecified atom stereocenters. The lowest BCUT2D eigenvalue weighted by molar-refractivity contribution is 0.151. The summed E-state index contributed by atoms with van der Waals surface area (Å²) in [6.45, 7) is 7.21. The molecule has 2 N–H and O–H groups in total. The minimum absolute atomic E-state index is 0.595. The van der Waals surface area contributed by atoms with Crippen molar-refractivity contribution >= 4 is 11.3 Å². The molecule has 1 aromatic carbocycles. The number of likely N-dealkylation sites (tertiary alicyclic amines) is 1. The summed E-state index contributed by atoms with van der Waals surface area (Å²) in [4.78, 5) is 7.51. The van der Waals surface area contributed by atoms with E-state index in [0.29, 0.717) is 6.04 Å². The first kappa shape index (κ1) is 18.8. The van der Waals surface area contributed by atoms with Crippen molar-refractivity contribution in [2.45, 2.75) is 52.1 Å². The summed E-state index contributed by atoms with van der Waals surface area (Å²) in [5.41, 5.74) is 11.1. The van der Waals surface area contributed by atoms with Crippen LogP contribution in [0.15, 0.2) is 42.6 Å². The van der Waals surface area contributed by atoms with Gasteiger partial charge < -0.3 is 14.9 Å². The van der Waals surface area contributed by atoms with Crippen LogP contribution in [0.25, 0.3) is 16.9 Å². The summed E-state index contributed by atoms with van der Waals surface area (Å²) in [7, 11) is 0. The van der Waals surface area contributed by atoms with E-state index in [9.17, 15) is 0 Å². The average molecular weight is 379 g/mol. The van der Waals surface area contributed by atoms with Gasteiger partial charge in [-0.1, -0.05) is 13.3 Å². The molecule has 0 bridgehead atoms. The molecule has 2 aromatic heterocycles. The molecule has 0 amide bonds. The highest BCUT2D eigenvalue weighted by Crippen LogP contribution is 2.29. The summed E-state index contributed by atoms with van der Waals surface area (Å²) in [6, 6.07) is 12.8. The molecule has 1 aliphatic heterocycles. The molecule has 28 heavy (non-hydrogen) atoms. The molecule has 1 aliphatic rings. The molecule has 5 heteroatoms. The van der Waals surface area contributed by atoms with Crippen molar-refractivity contribution in [3.05, 3.63) is 48.3 Å². The highest BCUT2D eigenvalue weighted by molar-refractivity contribution is 5.68. The Morgan fingerprint density at radius 3 is 2.71 bits per heavy atom. The Morgan fingerprint density at radius 1 is 1.14 bits per heavy atom. The zero-order chi connectivity index (χ0) is 19.5. The van der Waals surface area contributed by atoms with Crippen molar-refractivity contribution < 1.29 is 4.74 Å². The minimum atomic E-state index is 0.595. The Hall–Kier alpha value is -2.53. The van der Waals surface area contributed by atoms with Crippen molar-refractivity contribution in [3.63, 3.8) is 0 Å². The van der Waals surface area contributed by atoms with Gasteiger partial charge >= 0.3 is 0 Å². The summed E-state index contributed by atoms with van der Waals surface area (Å²) >= 11 is 0. The fourth-order valence-electron chi connectivity index (χ4n) is 4.01. The van der Waals surface area contributed by atoms with Crippen molar-refractivity contribution in [1.82, 2.24) is 14.3 Å². The molecular weight excluding hydrogens is 348 g/mol. The third kappa shape index (κ3) is 3.85. The number of ether oxygens (including phenoxy) is 1. The zero-order valence-corrected chi connectivity index (χ0v) is 16.9. The van der Waals surface area contributed by atoms with Crippen LogP contribution in [0.3, 0.4) is 0 Å². The van der Waals surface area contributed by atoms with Crippen molar-refractivity contribution in [2.75, 3.05) is 18.9 Å². The molecule has 148 valence electrons. The zero-order valence-electron chi connectivity index (χ0n) is 16.9. The van der Waals surface area contributed by atoms with Crippen molar-refractivity contribution in [3.8, 4) is 17.0 Å². The van der Waals surface area contributed by atoms with Crippen LogP contribution in [0.2, 0.25) is 0 Å². The molecule has 3 heterocycles. The van der Waals surface area contributed by atoms with E-state index in [-0.39, 0.29) is 0 Å². The molecule has 0 aliphatic carbocycles. The lowest BCUT2D eigenvalue weighted by Gasteiger charge is -2.33. The van der Waals surface area contributed by atoms with E-state index >= 15 is 0 Å². The van der Waals surface area contributed by atoms with Gasteiger partial charge in [-0.3, -0.25) is 4.90 Å². The number of imidazole rings is 1. The van der Waals surface area contributed by atoms with Gasteiger partial charge in [-0.05, 0) is 69.1 Å². The maximum absolute atomic E-state index is 6.09. The van der Waals surface area contributed by atoms with Crippen LogP contribution in [0.4, 0.5) is 5.69 Å². The Bertz CT molecular complexity index is 932. The summed E-state index contributed by atoms with van der Waals surface area (Å²) in [6.07, 6.45) is 6.85. The first-order chi connectivity index (χ1) is 13.7. The van der Waals surface area contributed by atoms with Gasteiger partial charge in [0, 0.05) is 30.0 Å². The number of nitrogen functional groups attached to an aromatic ring is 1. The van der Waals surface area contributed by atoms with Crippen LogP contribution in [-0.2, 0) is 6.54 Å². The fraction of sp³-hybridized carbons (Fsp3) is 0.435. The Balaban J connectivity index is 1.72. The van der Waals surface area contributed by atoms with Crippen molar-refractivity contribution in [2.24, 2.45) is 0 Å². The standard InChI is InChI=1S/C23H30N4O/c1-3-14-28-20-10-7-18(8-11-20)23-21(16-26-13-5-4-6-17(26)2)27-15-19(24)9-12-22(27)25-23/h7-12,15,17H,3-6,13-14,16,24H2,1-2H3. The van der Waals surface area contributed by atoms with E-state index in [2.05, 4.69) is 35.3 Å². The van der Waals surface area contributed by atoms with Gasteiger partial charge in [0.05, 0.1) is 18.0 Å². The number of anilines is 1. The molecule has 1 saturated heterocycles. The first-order valence-corrected chi connectivity index (χ1v) is 10.4. The maximum atomic E-state index is 6.09. The number of hydrogen-bond acceptors (Lipinski definition) is 4. The van der Waals surface area contributed by atoms with E-state index in [1.165, 1.54) is 25.0 Å². The number of rotatable bonds is 6. The molecule has 0 spiro atoms. The topological polar surface area (TPSA) is 55.8 Å². The van der Waals surface area contributed by atoms with Gasteiger partial charge in [-0.2, -0.15) is 0 Å². The van der Waals surface area contributed by atoms with Crippen LogP contribution in [0.5, 0.6) is 5.75 Å². The SMILES string of the molecule is CCCOc1ccc(-c2nc3ccc(N)cn3c2CN2CCCCC2C)cc1. The fourth-order valence-corrected chi connectivity index (χ4v) is 4.01.